The number of hydrogen-bond donors (Lipinski definition) is 4. The van der Waals surface area contributed by atoms with E-state index < -0.39 is 5.54 Å². The number of carbonyl (C=O) groups is 3. The maximum absolute atomic E-state index is 12.9. The summed E-state index contributed by atoms with van der Waals surface area (Å²) in [7, 11) is 0. The first-order chi connectivity index (χ1) is 11.6. The van der Waals surface area contributed by atoms with Crippen LogP contribution in [0.15, 0.2) is 18.2 Å². The SMILES string of the molecule is CCNC(=O)NC1(C(=O)Nc2cccc3c2CNC3=O)CCCC1. The molecule has 1 fully saturated rings. The van der Waals surface area contributed by atoms with E-state index in [9.17, 15) is 14.4 Å². The van der Waals surface area contributed by atoms with Crippen LogP contribution in [0.2, 0.25) is 0 Å². The monoisotopic (exact) mass is 330 g/mol. The summed E-state index contributed by atoms with van der Waals surface area (Å²) in [5.74, 6) is -0.351. The highest BCUT2D eigenvalue weighted by molar-refractivity contribution is 6.04. The van der Waals surface area contributed by atoms with E-state index in [1.807, 2.05) is 6.92 Å². The average molecular weight is 330 g/mol. The zero-order chi connectivity index (χ0) is 17.2. The lowest BCUT2D eigenvalue weighted by Gasteiger charge is -2.29. The minimum Gasteiger partial charge on any atom is -0.348 e. The van der Waals surface area contributed by atoms with Crippen molar-refractivity contribution in [3.63, 3.8) is 0 Å². The molecule has 2 aliphatic rings. The van der Waals surface area contributed by atoms with Crippen molar-refractivity contribution in [1.82, 2.24) is 16.0 Å². The van der Waals surface area contributed by atoms with Crippen LogP contribution < -0.4 is 21.3 Å². The zero-order valence-electron chi connectivity index (χ0n) is 13.7. The van der Waals surface area contributed by atoms with Crippen molar-refractivity contribution in [3.8, 4) is 0 Å². The first kappa shape index (κ1) is 16.3. The van der Waals surface area contributed by atoms with Gasteiger partial charge in [0.25, 0.3) is 5.91 Å². The molecular formula is C17H22N4O3. The smallest absolute Gasteiger partial charge is 0.315 e. The van der Waals surface area contributed by atoms with E-state index in [0.29, 0.717) is 37.2 Å². The molecule has 0 aromatic heterocycles. The lowest BCUT2D eigenvalue weighted by atomic mass is 9.95. The van der Waals surface area contributed by atoms with Crippen LogP contribution >= 0.6 is 0 Å². The molecule has 1 saturated carbocycles. The molecule has 7 heteroatoms. The van der Waals surface area contributed by atoms with Crippen LogP contribution in [0.3, 0.4) is 0 Å². The van der Waals surface area contributed by atoms with Gasteiger partial charge in [0.2, 0.25) is 5.91 Å². The summed E-state index contributed by atoms with van der Waals surface area (Å²) in [6.07, 6.45) is 3.02. The molecular weight excluding hydrogens is 308 g/mol. The van der Waals surface area contributed by atoms with Gasteiger partial charge >= 0.3 is 6.03 Å². The minimum absolute atomic E-state index is 0.128. The summed E-state index contributed by atoms with van der Waals surface area (Å²) in [4.78, 5) is 36.6. The largest absolute Gasteiger partial charge is 0.348 e. The molecule has 0 unspecified atom stereocenters. The highest BCUT2D eigenvalue weighted by Gasteiger charge is 2.42. The van der Waals surface area contributed by atoms with E-state index in [0.717, 1.165) is 18.4 Å². The van der Waals surface area contributed by atoms with Gasteiger partial charge in [-0.25, -0.2) is 4.79 Å². The number of fused-ring (bicyclic) bond motifs is 1. The second-order valence-corrected chi connectivity index (χ2v) is 6.24. The standard InChI is InChI=1S/C17H22N4O3/c1-2-18-16(24)21-17(8-3-4-9-17)15(23)20-13-7-5-6-11-12(13)10-19-14(11)22/h5-7H,2-4,8-10H2,1H3,(H,19,22)(H,20,23)(H2,18,21,24). The lowest BCUT2D eigenvalue weighted by molar-refractivity contribution is -0.121. The van der Waals surface area contributed by atoms with Crippen LogP contribution in [-0.4, -0.2) is 29.9 Å². The Labute approximate surface area is 140 Å². The first-order valence-electron chi connectivity index (χ1n) is 8.33. The fourth-order valence-corrected chi connectivity index (χ4v) is 3.42. The third kappa shape index (κ3) is 2.93. The van der Waals surface area contributed by atoms with E-state index in [-0.39, 0.29) is 17.8 Å². The summed E-state index contributed by atoms with van der Waals surface area (Å²) in [6, 6.07) is 4.94. The number of amides is 4. The van der Waals surface area contributed by atoms with Crippen molar-refractivity contribution in [2.75, 3.05) is 11.9 Å². The predicted octanol–water partition coefficient (Wildman–Crippen LogP) is 1.50. The molecule has 24 heavy (non-hydrogen) atoms. The van der Waals surface area contributed by atoms with Gasteiger partial charge in [-0.3, -0.25) is 9.59 Å². The molecule has 128 valence electrons. The molecule has 0 spiro atoms. The van der Waals surface area contributed by atoms with Gasteiger partial charge < -0.3 is 21.3 Å². The van der Waals surface area contributed by atoms with Gasteiger partial charge in [-0.05, 0) is 31.9 Å². The van der Waals surface area contributed by atoms with Gasteiger partial charge in [-0.15, -0.1) is 0 Å². The highest BCUT2D eigenvalue weighted by Crippen LogP contribution is 2.32. The Bertz CT molecular complexity index is 680. The Kier molecular flexibility index (Phi) is 4.42. The Morgan fingerprint density at radius 2 is 2.00 bits per heavy atom. The minimum atomic E-state index is -0.891. The number of urea groups is 1. The quantitative estimate of drug-likeness (QED) is 0.673. The first-order valence-corrected chi connectivity index (χ1v) is 8.33. The topological polar surface area (TPSA) is 99.3 Å². The fraction of sp³-hybridized carbons (Fsp3) is 0.471. The Morgan fingerprint density at radius 1 is 1.25 bits per heavy atom. The summed E-state index contributed by atoms with van der Waals surface area (Å²) in [5.41, 5.74) is 1.12. The molecule has 0 atom stereocenters. The third-order valence-corrected chi connectivity index (χ3v) is 4.68. The van der Waals surface area contributed by atoms with Crippen molar-refractivity contribution in [3.05, 3.63) is 29.3 Å². The van der Waals surface area contributed by atoms with Crippen LogP contribution in [0.5, 0.6) is 0 Å². The average Bonchev–Trinajstić information content (AvgIpc) is 3.17. The zero-order valence-corrected chi connectivity index (χ0v) is 13.7. The van der Waals surface area contributed by atoms with E-state index in [1.165, 1.54) is 0 Å². The predicted molar refractivity (Wildman–Crippen MR) is 89.6 cm³/mol. The second-order valence-electron chi connectivity index (χ2n) is 6.24. The van der Waals surface area contributed by atoms with Crippen molar-refractivity contribution >= 4 is 23.5 Å². The molecule has 0 radical (unpaired) electrons. The van der Waals surface area contributed by atoms with Crippen molar-refractivity contribution in [1.29, 1.82) is 0 Å². The van der Waals surface area contributed by atoms with Gasteiger partial charge in [0.1, 0.15) is 5.54 Å². The van der Waals surface area contributed by atoms with Gasteiger partial charge in [0.15, 0.2) is 0 Å². The van der Waals surface area contributed by atoms with E-state index >= 15 is 0 Å². The van der Waals surface area contributed by atoms with E-state index in [2.05, 4.69) is 21.3 Å². The Morgan fingerprint density at radius 3 is 2.71 bits per heavy atom. The molecule has 7 nitrogen and oxygen atoms in total. The molecule has 3 rings (SSSR count). The molecule has 1 aromatic rings. The summed E-state index contributed by atoms with van der Waals surface area (Å²) in [6.45, 7) is 2.74. The van der Waals surface area contributed by atoms with Crippen LogP contribution in [0, 0.1) is 0 Å². The molecule has 4 N–H and O–H groups in total. The maximum atomic E-state index is 12.9. The second kappa shape index (κ2) is 6.51. The Hall–Kier alpha value is -2.57. The van der Waals surface area contributed by atoms with Gasteiger partial charge in [0, 0.05) is 29.9 Å². The number of benzene rings is 1. The van der Waals surface area contributed by atoms with Gasteiger partial charge in [-0.2, -0.15) is 0 Å². The normalized spacial score (nSPS) is 17.8. The molecule has 4 amide bonds. The van der Waals surface area contributed by atoms with Crippen molar-refractivity contribution in [2.24, 2.45) is 0 Å². The van der Waals surface area contributed by atoms with E-state index in [4.69, 9.17) is 0 Å². The maximum Gasteiger partial charge on any atom is 0.315 e. The number of nitrogens with one attached hydrogen (secondary N) is 4. The third-order valence-electron chi connectivity index (χ3n) is 4.68. The molecule has 0 bridgehead atoms. The fourth-order valence-electron chi connectivity index (χ4n) is 3.42. The summed E-state index contributed by atoms with van der Waals surface area (Å²) >= 11 is 0. The van der Waals surface area contributed by atoms with E-state index in [1.54, 1.807) is 18.2 Å². The summed E-state index contributed by atoms with van der Waals surface area (Å²) in [5, 5.41) is 11.2. The molecule has 1 aromatic carbocycles. The number of anilines is 1. The molecule has 0 saturated heterocycles. The van der Waals surface area contributed by atoms with Crippen molar-refractivity contribution < 1.29 is 14.4 Å². The number of carbonyl (C=O) groups excluding carboxylic acids is 3. The molecule has 1 heterocycles. The Balaban J connectivity index is 1.80. The highest BCUT2D eigenvalue weighted by atomic mass is 16.2. The molecule has 1 aliphatic carbocycles. The number of hydrogen-bond acceptors (Lipinski definition) is 3. The van der Waals surface area contributed by atoms with Crippen LogP contribution in [0.4, 0.5) is 10.5 Å². The van der Waals surface area contributed by atoms with Crippen molar-refractivity contribution in [2.45, 2.75) is 44.7 Å². The van der Waals surface area contributed by atoms with Gasteiger partial charge in [-0.1, -0.05) is 18.9 Å². The summed E-state index contributed by atoms with van der Waals surface area (Å²) < 4.78 is 0. The van der Waals surface area contributed by atoms with Crippen LogP contribution in [0.25, 0.3) is 0 Å². The number of rotatable bonds is 4. The van der Waals surface area contributed by atoms with Gasteiger partial charge in [0.05, 0.1) is 0 Å². The lowest BCUT2D eigenvalue weighted by Crippen LogP contribution is -2.57. The van der Waals surface area contributed by atoms with Crippen LogP contribution in [-0.2, 0) is 11.3 Å². The van der Waals surface area contributed by atoms with Crippen LogP contribution in [0.1, 0.15) is 48.5 Å². The molecule has 1 aliphatic heterocycles.